The van der Waals surface area contributed by atoms with Gasteiger partial charge in [0.25, 0.3) is 0 Å². The molecule has 1 atom stereocenters. The van der Waals surface area contributed by atoms with Crippen molar-refractivity contribution in [3.05, 3.63) is 5.82 Å². The second-order valence-electron chi connectivity index (χ2n) is 7.93. The van der Waals surface area contributed by atoms with Crippen LogP contribution >= 0.6 is 11.8 Å². The fourth-order valence-electron chi connectivity index (χ4n) is 1.83. The van der Waals surface area contributed by atoms with Gasteiger partial charge >= 0.3 is 6.03 Å². The molecule has 0 N–H and O–H groups in total. The van der Waals surface area contributed by atoms with E-state index in [4.69, 9.17) is 0 Å². The minimum Gasteiger partial charge on any atom is -0.329 e. The average Bonchev–Trinajstić information content (AvgIpc) is 2.79. The molecule has 1 aromatic heterocycles. The number of carbonyl (C=O) groups is 2. The topological polar surface area (TPSA) is 68.1 Å². The van der Waals surface area contributed by atoms with Crippen molar-refractivity contribution in [2.45, 2.75) is 64.3 Å². The molecule has 0 fully saturated rings. The number of amides is 1. The molecule has 6 nitrogen and oxygen atoms in total. The summed E-state index contributed by atoms with van der Waals surface area (Å²) in [5.74, 6) is 0.706. The number of thioether (sulfide) groups is 1. The molecular formula is C16H28N4O2S. The van der Waals surface area contributed by atoms with Crippen molar-refractivity contribution in [2.75, 3.05) is 14.1 Å². The van der Waals surface area contributed by atoms with Crippen LogP contribution < -0.4 is 0 Å². The van der Waals surface area contributed by atoms with Gasteiger partial charge in [0.1, 0.15) is 0 Å². The highest BCUT2D eigenvalue weighted by atomic mass is 32.2. The molecular weight excluding hydrogens is 312 g/mol. The lowest BCUT2D eigenvalue weighted by Gasteiger charge is -2.21. The Labute approximate surface area is 143 Å². The highest BCUT2D eigenvalue weighted by molar-refractivity contribution is 8.00. The van der Waals surface area contributed by atoms with Gasteiger partial charge in [-0.3, -0.25) is 4.79 Å². The van der Waals surface area contributed by atoms with Crippen LogP contribution in [0.3, 0.4) is 0 Å². The first kappa shape index (κ1) is 19.7. The fraction of sp³-hybridized carbons (Fsp3) is 0.750. The SMILES string of the molecule is CC(Sc1nc(C(C)(C)C)nn1C(=O)N(C)C)C(=O)C(C)(C)C. The van der Waals surface area contributed by atoms with E-state index in [0.717, 1.165) is 0 Å². The summed E-state index contributed by atoms with van der Waals surface area (Å²) in [5.41, 5.74) is -0.708. The van der Waals surface area contributed by atoms with E-state index >= 15 is 0 Å². The van der Waals surface area contributed by atoms with Crippen molar-refractivity contribution in [3.63, 3.8) is 0 Å². The van der Waals surface area contributed by atoms with E-state index < -0.39 is 5.41 Å². The number of carbonyl (C=O) groups excluding carboxylic acids is 2. The molecule has 1 amide bonds. The molecule has 23 heavy (non-hydrogen) atoms. The van der Waals surface area contributed by atoms with E-state index in [0.29, 0.717) is 11.0 Å². The van der Waals surface area contributed by atoms with Crippen molar-refractivity contribution in [2.24, 2.45) is 5.41 Å². The second kappa shape index (κ2) is 6.63. The van der Waals surface area contributed by atoms with Crippen molar-refractivity contribution in [1.82, 2.24) is 19.7 Å². The third kappa shape index (κ3) is 4.80. The summed E-state index contributed by atoms with van der Waals surface area (Å²) in [4.78, 5) is 30.7. The smallest absolute Gasteiger partial charge is 0.329 e. The third-order valence-electron chi connectivity index (χ3n) is 3.20. The van der Waals surface area contributed by atoms with Crippen LogP contribution in [0.5, 0.6) is 0 Å². The maximum atomic E-state index is 12.4. The molecule has 1 rings (SSSR count). The van der Waals surface area contributed by atoms with Gasteiger partial charge in [-0.25, -0.2) is 9.78 Å². The molecule has 0 aliphatic heterocycles. The zero-order chi connectivity index (χ0) is 18.2. The lowest BCUT2D eigenvalue weighted by molar-refractivity contribution is -0.125. The number of aromatic nitrogens is 3. The van der Waals surface area contributed by atoms with Gasteiger partial charge in [0, 0.05) is 24.9 Å². The normalized spacial score (nSPS) is 13.8. The van der Waals surface area contributed by atoms with E-state index in [2.05, 4.69) is 10.1 Å². The molecule has 0 aliphatic rings. The van der Waals surface area contributed by atoms with Crippen LogP contribution in [0.15, 0.2) is 5.16 Å². The number of Topliss-reactive ketones (excluding diaryl/α,β-unsaturated/α-hetero) is 1. The maximum Gasteiger partial charge on any atom is 0.346 e. The summed E-state index contributed by atoms with van der Waals surface area (Å²) in [6, 6.07) is -0.272. The van der Waals surface area contributed by atoms with Crippen LogP contribution in [0.1, 0.15) is 54.3 Å². The Kier molecular flexibility index (Phi) is 5.67. The van der Waals surface area contributed by atoms with E-state index in [1.807, 2.05) is 48.5 Å². The van der Waals surface area contributed by atoms with Crippen LogP contribution in [0.2, 0.25) is 0 Å². The lowest BCUT2D eigenvalue weighted by atomic mass is 9.89. The van der Waals surface area contributed by atoms with E-state index in [1.54, 1.807) is 14.1 Å². The molecule has 0 saturated carbocycles. The maximum absolute atomic E-state index is 12.4. The first-order valence-corrected chi connectivity index (χ1v) is 8.53. The van der Waals surface area contributed by atoms with Crippen LogP contribution in [0.4, 0.5) is 4.79 Å². The molecule has 0 radical (unpaired) electrons. The minimum atomic E-state index is -0.435. The number of ketones is 1. The summed E-state index contributed by atoms with van der Waals surface area (Å²) < 4.78 is 1.29. The van der Waals surface area contributed by atoms with Crippen LogP contribution in [0, 0.1) is 5.41 Å². The Morgan fingerprint density at radius 1 is 1.13 bits per heavy atom. The van der Waals surface area contributed by atoms with Gasteiger partial charge in [-0.05, 0) is 6.92 Å². The van der Waals surface area contributed by atoms with Crippen molar-refractivity contribution in [1.29, 1.82) is 0 Å². The molecule has 0 bridgehead atoms. The Morgan fingerprint density at radius 2 is 1.65 bits per heavy atom. The number of hydrogen-bond donors (Lipinski definition) is 0. The first-order chi connectivity index (χ1) is 10.2. The molecule has 1 heterocycles. The number of rotatable bonds is 3. The summed E-state index contributed by atoms with van der Waals surface area (Å²) in [7, 11) is 3.33. The number of hydrogen-bond acceptors (Lipinski definition) is 5. The third-order valence-corrected chi connectivity index (χ3v) is 4.25. The lowest BCUT2D eigenvalue weighted by Crippen LogP contribution is -2.31. The molecule has 0 aromatic carbocycles. The molecule has 7 heteroatoms. The largest absolute Gasteiger partial charge is 0.346 e. The van der Waals surface area contributed by atoms with Crippen molar-refractivity contribution >= 4 is 23.6 Å². The zero-order valence-electron chi connectivity index (χ0n) is 15.6. The highest BCUT2D eigenvalue weighted by Gasteiger charge is 2.31. The highest BCUT2D eigenvalue weighted by Crippen LogP contribution is 2.30. The average molecular weight is 340 g/mol. The van der Waals surface area contributed by atoms with Gasteiger partial charge in [0.15, 0.2) is 16.8 Å². The summed E-state index contributed by atoms with van der Waals surface area (Å²) >= 11 is 1.28. The van der Waals surface area contributed by atoms with Gasteiger partial charge in [-0.15, -0.1) is 5.10 Å². The Balaban J connectivity index is 3.21. The monoisotopic (exact) mass is 340 g/mol. The van der Waals surface area contributed by atoms with Crippen LogP contribution in [0.25, 0.3) is 0 Å². The predicted molar refractivity (Wildman–Crippen MR) is 93.0 cm³/mol. The zero-order valence-corrected chi connectivity index (χ0v) is 16.4. The van der Waals surface area contributed by atoms with Crippen LogP contribution in [-0.2, 0) is 10.2 Å². The molecule has 1 unspecified atom stereocenters. The number of nitrogens with zero attached hydrogens (tertiary/aromatic N) is 4. The Bertz CT molecular complexity index is 594. The summed E-state index contributed by atoms with van der Waals surface area (Å²) in [5, 5.41) is 4.51. The summed E-state index contributed by atoms with van der Waals surface area (Å²) in [6.07, 6.45) is 0. The first-order valence-electron chi connectivity index (χ1n) is 7.65. The van der Waals surface area contributed by atoms with Crippen molar-refractivity contribution in [3.8, 4) is 0 Å². The van der Waals surface area contributed by atoms with Gasteiger partial charge < -0.3 is 4.90 Å². The fourth-order valence-corrected chi connectivity index (χ4v) is 2.96. The molecule has 0 aliphatic carbocycles. The van der Waals surface area contributed by atoms with Gasteiger partial charge in [-0.1, -0.05) is 53.3 Å². The Morgan fingerprint density at radius 3 is 2.04 bits per heavy atom. The van der Waals surface area contributed by atoms with E-state index in [-0.39, 0.29) is 22.5 Å². The summed E-state index contributed by atoms with van der Waals surface area (Å²) in [6.45, 7) is 13.5. The Hall–Kier alpha value is -1.37. The molecule has 0 saturated heterocycles. The van der Waals surface area contributed by atoms with E-state index in [1.165, 1.54) is 21.3 Å². The quantitative estimate of drug-likeness (QED) is 0.790. The van der Waals surface area contributed by atoms with Crippen LogP contribution in [-0.4, -0.2) is 50.8 Å². The standard InChI is InChI=1S/C16H28N4O2S/c1-10(11(21)15(2,3)4)23-13-17-12(16(5,6)7)18-20(13)14(22)19(8)9/h10H,1-9H3. The molecule has 0 spiro atoms. The second-order valence-corrected chi connectivity index (χ2v) is 9.24. The molecule has 1 aromatic rings. The van der Waals surface area contributed by atoms with Gasteiger partial charge in [-0.2, -0.15) is 4.68 Å². The van der Waals surface area contributed by atoms with Gasteiger partial charge in [0.05, 0.1) is 5.25 Å². The molecule has 130 valence electrons. The van der Waals surface area contributed by atoms with E-state index in [9.17, 15) is 9.59 Å². The minimum absolute atomic E-state index is 0.117. The van der Waals surface area contributed by atoms with Gasteiger partial charge in [0.2, 0.25) is 0 Å². The predicted octanol–water partition coefficient (Wildman–Crippen LogP) is 3.20. The van der Waals surface area contributed by atoms with Crippen molar-refractivity contribution < 1.29 is 9.59 Å².